The number of benzene rings is 1. The molecule has 21 heavy (non-hydrogen) atoms. The lowest BCUT2D eigenvalue weighted by Gasteiger charge is -2.27. The first-order valence-electron chi connectivity index (χ1n) is 6.80. The van der Waals surface area contributed by atoms with Gasteiger partial charge in [-0.05, 0) is 17.5 Å². The molecule has 1 aliphatic heterocycles. The molecular weight excluding hydrogens is 270 g/mol. The first-order valence-corrected chi connectivity index (χ1v) is 6.80. The molecule has 1 aromatic carbocycles. The third kappa shape index (κ3) is 2.47. The van der Waals surface area contributed by atoms with Gasteiger partial charge in [0.25, 0.3) is 0 Å². The van der Waals surface area contributed by atoms with E-state index in [4.69, 9.17) is 11.5 Å². The second kappa shape index (κ2) is 5.17. The number of rotatable bonds is 3. The van der Waals surface area contributed by atoms with E-state index in [1.54, 1.807) is 4.68 Å². The van der Waals surface area contributed by atoms with E-state index in [0.29, 0.717) is 25.3 Å². The average molecular weight is 287 g/mol. The highest BCUT2D eigenvalue weighted by molar-refractivity contribution is 5.75. The van der Waals surface area contributed by atoms with Gasteiger partial charge >= 0.3 is 5.97 Å². The maximum absolute atomic E-state index is 11.5. The fourth-order valence-corrected chi connectivity index (χ4v) is 2.82. The topological polar surface area (TPSA) is 120 Å². The van der Waals surface area contributed by atoms with Gasteiger partial charge in [0.2, 0.25) is 5.95 Å². The van der Waals surface area contributed by atoms with Crippen molar-refractivity contribution in [3.63, 3.8) is 0 Å². The van der Waals surface area contributed by atoms with Gasteiger partial charge in [-0.3, -0.25) is 4.79 Å². The number of aromatic nitrogens is 3. The molecule has 2 aromatic rings. The number of nitrogens with zero attached hydrogens (tertiary/aromatic N) is 3. The molecule has 5 N–H and O–H groups in total. The molecule has 3 rings (SSSR count). The number of nitrogens with two attached hydrogens (primary N) is 2. The Bertz CT molecular complexity index is 665. The predicted octanol–water partition coefficient (Wildman–Crippen LogP) is 0.675. The van der Waals surface area contributed by atoms with E-state index in [1.165, 1.54) is 0 Å². The van der Waals surface area contributed by atoms with E-state index >= 15 is 0 Å². The van der Waals surface area contributed by atoms with Crippen molar-refractivity contribution in [1.82, 2.24) is 14.8 Å². The molecule has 7 nitrogen and oxygen atoms in total. The third-order valence-corrected chi connectivity index (χ3v) is 3.93. The molecule has 110 valence electrons. The molecule has 1 aromatic heterocycles. The monoisotopic (exact) mass is 287 g/mol. The van der Waals surface area contributed by atoms with Gasteiger partial charge in [0.15, 0.2) is 0 Å². The van der Waals surface area contributed by atoms with Crippen LogP contribution in [-0.2, 0) is 17.9 Å². The van der Waals surface area contributed by atoms with Crippen LogP contribution in [0.25, 0.3) is 0 Å². The molecule has 0 amide bonds. The lowest BCUT2D eigenvalue weighted by Crippen LogP contribution is -2.28. The summed E-state index contributed by atoms with van der Waals surface area (Å²) in [5.41, 5.74) is 13.3. The van der Waals surface area contributed by atoms with Crippen molar-refractivity contribution in [3.8, 4) is 0 Å². The van der Waals surface area contributed by atoms with Crippen molar-refractivity contribution in [2.24, 2.45) is 5.73 Å². The fourth-order valence-electron chi connectivity index (χ4n) is 2.82. The fraction of sp³-hybridized carbons (Fsp3) is 0.357. The van der Waals surface area contributed by atoms with Gasteiger partial charge in [-0.25, -0.2) is 4.68 Å². The number of fused-ring (bicyclic) bond motifs is 1. The van der Waals surface area contributed by atoms with Crippen LogP contribution in [0.15, 0.2) is 24.3 Å². The van der Waals surface area contributed by atoms with Crippen molar-refractivity contribution in [1.29, 1.82) is 0 Å². The van der Waals surface area contributed by atoms with E-state index in [9.17, 15) is 9.90 Å². The molecule has 0 bridgehead atoms. The summed E-state index contributed by atoms with van der Waals surface area (Å²) in [6.07, 6.45) is 0.495. The molecule has 2 atom stereocenters. The highest BCUT2D eigenvalue weighted by Crippen LogP contribution is 2.36. The SMILES string of the molecule is NCc1ccc(C2CC(C(=O)O)c3nc(N)nn3C2)cc1. The minimum atomic E-state index is -0.896. The van der Waals surface area contributed by atoms with Gasteiger partial charge in [0.05, 0.1) is 6.54 Å². The maximum atomic E-state index is 11.5. The van der Waals surface area contributed by atoms with Crippen LogP contribution in [0, 0.1) is 0 Å². The van der Waals surface area contributed by atoms with Crippen LogP contribution in [-0.4, -0.2) is 25.8 Å². The van der Waals surface area contributed by atoms with Gasteiger partial charge in [-0.1, -0.05) is 24.3 Å². The number of carboxylic acids is 1. The van der Waals surface area contributed by atoms with Gasteiger partial charge in [0, 0.05) is 12.5 Å². The highest BCUT2D eigenvalue weighted by Gasteiger charge is 2.35. The second-order valence-electron chi connectivity index (χ2n) is 5.28. The van der Waals surface area contributed by atoms with Gasteiger partial charge in [0.1, 0.15) is 11.7 Å². The van der Waals surface area contributed by atoms with Crippen LogP contribution < -0.4 is 11.5 Å². The molecule has 0 aliphatic carbocycles. The smallest absolute Gasteiger partial charge is 0.314 e. The first-order chi connectivity index (χ1) is 10.1. The lowest BCUT2D eigenvalue weighted by molar-refractivity contribution is -0.139. The Morgan fingerprint density at radius 1 is 1.38 bits per heavy atom. The summed E-state index contributed by atoms with van der Waals surface area (Å²) in [5.74, 6) is -0.939. The van der Waals surface area contributed by atoms with Crippen molar-refractivity contribution in [2.45, 2.75) is 31.3 Å². The van der Waals surface area contributed by atoms with Gasteiger partial charge < -0.3 is 16.6 Å². The van der Waals surface area contributed by atoms with Crippen LogP contribution in [0.1, 0.15) is 35.2 Å². The van der Waals surface area contributed by atoms with Crippen molar-refractivity contribution in [3.05, 3.63) is 41.2 Å². The lowest BCUT2D eigenvalue weighted by atomic mass is 9.85. The average Bonchev–Trinajstić information content (AvgIpc) is 2.86. The number of nitrogen functional groups attached to an aromatic ring is 1. The largest absolute Gasteiger partial charge is 0.481 e. The summed E-state index contributed by atoms with van der Waals surface area (Å²) in [4.78, 5) is 15.5. The number of hydrogen-bond donors (Lipinski definition) is 3. The Balaban J connectivity index is 1.93. The van der Waals surface area contributed by atoms with E-state index in [-0.39, 0.29) is 11.9 Å². The first kappa shape index (κ1) is 13.6. The van der Waals surface area contributed by atoms with Crippen LogP contribution in [0.4, 0.5) is 5.95 Å². The van der Waals surface area contributed by atoms with E-state index < -0.39 is 11.9 Å². The normalized spacial score (nSPS) is 21.0. The molecule has 2 heterocycles. The molecule has 0 spiro atoms. The molecular formula is C14H17N5O2. The second-order valence-corrected chi connectivity index (χ2v) is 5.28. The zero-order chi connectivity index (χ0) is 15.0. The maximum Gasteiger partial charge on any atom is 0.314 e. The number of hydrogen-bond acceptors (Lipinski definition) is 5. The van der Waals surface area contributed by atoms with E-state index in [0.717, 1.165) is 11.1 Å². The van der Waals surface area contributed by atoms with Crippen LogP contribution >= 0.6 is 0 Å². The zero-order valence-electron chi connectivity index (χ0n) is 11.4. The summed E-state index contributed by atoms with van der Waals surface area (Å²) in [7, 11) is 0. The van der Waals surface area contributed by atoms with Crippen molar-refractivity contribution < 1.29 is 9.90 Å². The minimum absolute atomic E-state index is 0.0755. The van der Waals surface area contributed by atoms with Crippen LogP contribution in [0.5, 0.6) is 0 Å². The Hall–Kier alpha value is -2.41. The third-order valence-electron chi connectivity index (χ3n) is 3.93. The summed E-state index contributed by atoms with van der Waals surface area (Å²) in [6.45, 7) is 1.08. The standard InChI is InChI=1S/C14H17N5O2/c15-6-8-1-3-9(4-2-8)10-5-11(13(20)21)12-17-14(16)18-19(12)7-10/h1-4,10-11H,5-7,15H2,(H2,16,18)(H,20,21). The van der Waals surface area contributed by atoms with Crippen molar-refractivity contribution in [2.75, 3.05) is 5.73 Å². The van der Waals surface area contributed by atoms with Crippen molar-refractivity contribution >= 4 is 11.9 Å². The zero-order valence-corrected chi connectivity index (χ0v) is 11.4. The molecule has 0 saturated carbocycles. The Morgan fingerprint density at radius 3 is 2.71 bits per heavy atom. The van der Waals surface area contributed by atoms with E-state index in [2.05, 4.69) is 10.1 Å². The minimum Gasteiger partial charge on any atom is -0.481 e. The highest BCUT2D eigenvalue weighted by atomic mass is 16.4. The molecule has 7 heteroatoms. The number of anilines is 1. The molecule has 1 aliphatic rings. The van der Waals surface area contributed by atoms with Crippen LogP contribution in [0.3, 0.4) is 0 Å². The quantitative estimate of drug-likeness (QED) is 0.763. The van der Waals surface area contributed by atoms with E-state index in [1.807, 2.05) is 24.3 Å². The molecule has 0 saturated heterocycles. The molecule has 2 unspecified atom stereocenters. The summed E-state index contributed by atoms with van der Waals surface area (Å²) in [5, 5.41) is 13.5. The van der Waals surface area contributed by atoms with Gasteiger partial charge in [-0.15, -0.1) is 5.10 Å². The van der Waals surface area contributed by atoms with Gasteiger partial charge in [-0.2, -0.15) is 4.98 Å². The summed E-state index contributed by atoms with van der Waals surface area (Å²) < 4.78 is 1.61. The van der Waals surface area contributed by atoms with Crippen LogP contribution in [0.2, 0.25) is 0 Å². The molecule has 0 fully saturated rings. The Morgan fingerprint density at radius 2 is 2.10 bits per heavy atom. The Kier molecular flexibility index (Phi) is 3.34. The summed E-state index contributed by atoms with van der Waals surface area (Å²) >= 11 is 0. The summed E-state index contributed by atoms with van der Waals surface area (Å²) in [6, 6.07) is 7.93. The Labute approximate surface area is 121 Å². The number of carbonyl (C=O) groups is 1. The number of aliphatic carboxylic acids is 1. The predicted molar refractivity (Wildman–Crippen MR) is 76.5 cm³/mol. The molecule has 0 radical (unpaired) electrons. The number of carboxylic acid groups (broad SMARTS) is 1.